The minimum atomic E-state index is 0.419. The van der Waals surface area contributed by atoms with Crippen LogP contribution in [0.5, 0.6) is 0 Å². The van der Waals surface area contributed by atoms with E-state index in [4.69, 9.17) is 23.2 Å². The van der Waals surface area contributed by atoms with Crippen molar-refractivity contribution >= 4 is 23.2 Å². The quantitative estimate of drug-likeness (QED) is 0.783. The Balaban J connectivity index is 1.79. The molecule has 1 N–H and O–H groups in total. The highest BCUT2D eigenvalue weighted by Crippen LogP contribution is 2.30. The van der Waals surface area contributed by atoms with E-state index in [1.54, 1.807) is 0 Å². The van der Waals surface area contributed by atoms with E-state index in [0.717, 1.165) is 18.5 Å². The van der Waals surface area contributed by atoms with Gasteiger partial charge in [-0.2, -0.15) is 0 Å². The third-order valence-corrected chi connectivity index (χ3v) is 4.86. The lowest BCUT2D eigenvalue weighted by Gasteiger charge is -2.19. The first-order chi connectivity index (χ1) is 10.2. The summed E-state index contributed by atoms with van der Waals surface area (Å²) in [6.07, 6.45) is 3.52. The Morgan fingerprint density at radius 3 is 2.48 bits per heavy atom. The molecule has 0 aliphatic heterocycles. The molecule has 110 valence electrons. The van der Waals surface area contributed by atoms with Crippen molar-refractivity contribution in [3.8, 4) is 0 Å². The minimum absolute atomic E-state index is 0.419. The molecule has 1 atom stereocenters. The van der Waals surface area contributed by atoms with Gasteiger partial charge in [0.05, 0.1) is 10.0 Å². The first kappa shape index (κ1) is 14.9. The van der Waals surface area contributed by atoms with Crippen molar-refractivity contribution in [2.45, 2.75) is 31.2 Å². The molecule has 2 aromatic carbocycles. The van der Waals surface area contributed by atoms with Gasteiger partial charge in [-0.3, -0.25) is 0 Å². The van der Waals surface area contributed by atoms with E-state index < -0.39 is 0 Å². The van der Waals surface area contributed by atoms with E-state index in [-0.39, 0.29) is 0 Å². The van der Waals surface area contributed by atoms with E-state index in [9.17, 15) is 0 Å². The van der Waals surface area contributed by atoms with Crippen molar-refractivity contribution in [3.63, 3.8) is 0 Å². The summed E-state index contributed by atoms with van der Waals surface area (Å²) in [6, 6.07) is 17.2. The maximum Gasteiger partial charge on any atom is 0.0624 e. The average Bonchev–Trinajstić information content (AvgIpc) is 3.33. The summed E-state index contributed by atoms with van der Waals surface area (Å²) in [6.45, 7) is 0.984. The van der Waals surface area contributed by atoms with Crippen LogP contribution < -0.4 is 5.32 Å². The van der Waals surface area contributed by atoms with Crippen molar-refractivity contribution in [2.24, 2.45) is 0 Å². The zero-order valence-corrected chi connectivity index (χ0v) is 13.4. The largest absolute Gasteiger partial charge is 0.313 e. The number of halogens is 2. The molecule has 1 fully saturated rings. The van der Waals surface area contributed by atoms with Crippen molar-refractivity contribution in [2.75, 3.05) is 6.54 Å². The van der Waals surface area contributed by atoms with Crippen molar-refractivity contribution in [1.29, 1.82) is 0 Å². The van der Waals surface area contributed by atoms with Gasteiger partial charge in [0, 0.05) is 18.5 Å². The van der Waals surface area contributed by atoms with Crippen LogP contribution in [-0.2, 0) is 6.42 Å². The van der Waals surface area contributed by atoms with Crippen LogP contribution in [-0.4, -0.2) is 12.6 Å². The fourth-order valence-corrected chi connectivity index (χ4v) is 3.00. The van der Waals surface area contributed by atoms with Gasteiger partial charge in [0.2, 0.25) is 0 Å². The summed E-state index contributed by atoms with van der Waals surface area (Å²) >= 11 is 12.5. The zero-order valence-electron chi connectivity index (χ0n) is 11.9. The van der Waals surface area contributed by atoms with Crippen LogP contribution in [0.3, 0.4) is 0 Å². The first-order valence-corrected chi connectivity index (χ1v) is 8.21. The van der Waals surface area contributed by atoms with Gasteiger partial charge in [0.1, 0.15) is 0 Å². The third kappa shape index (κ3) is 4.00. The van der Waals surface area contributed by atoms with E-state index in [1.165, 1.54) is 18.4 Å². The Labute approximate surface area is 136 Å². The monoisotopic (exact) mass is 319 g/mol. The molecule has 0 aromatic heterocycles. The number of rotatable bonds is 6. The predicted molar refractivity (Wildman–Crippen MR) is 90.4 cm³/mol. The fourth-order valence-electron chi connectivity index (χ4n) is 2.60. The van der Waals surface area contributed by atoms with Crippen LogP contribution in [0, 0.1) is 0 Å². The van der Waals surface area contributed by atoms with Gasteiger partial charge >= 0.3 is 0 Å². The Hall–Kier alpha value is -1.02. The van der Waals surface area contributed by atoms with Crippen LogP contribution in [0.25, 0.3) is 0 Å². The third-order valence-electron chi connectivity index (χ3n) is 4.00. The summed E-state index contributed by atoms with van der Waals surface area (Å²) in [5.74, 6) is 0.419. The highest BCUT2D eigenvalue weighted by molar-refractivity contribution is 6.42. The summed E-state index contributed by atoms with van der Waals surface area (Å²) in [4.78, 5) is 0. The molecule has 21 heavy (non-hydrogen) atoms. The summed E-state index contributed by atoms with van der Waals surface area (Å²) < 4.78 is 0. The van der Waals surface area contributed by atoms with E-state index in [1.807, 2.05) is 12.1 Å². The number of nitrogens with one attached hydrogen (secondary N) is 1. The number of hydrogen-bond donors (Lipinski definition) is 1. The van der Waals surface area contributed by atoms with Crippen LogP contribution in [0.1, 0.15) is 29.9 Å². The van der Waals surface area contributed by atoms with Gasteiger partial charge in [-0.15, -0.1) is 0 Å². The molecule has 1 unspecified atom stereocenters. The second-order valence-corrected chi connectivity index (χ2v) is 6.49. The molecule has 0 heterocycles. The van der Waals surface area contributed by atoms with Gasteiger partial charge in [-0.1, -0.05) is 65.7 Å². The highest BCUT2D eigenvalue weighted by Gasteiger charge is 2.23. The van der Waals surface area contributed by atoms with Gasteiger partial charge in [0.25, 0.3) is 0 Å². The molecule has 1 saturated carbocycles. The van der Waals surface area contributed by atoms with Crippen molar-refractivity contribution in [3.05, 3.63) is 69.7 Å². The first-order valence-electron chi connectivity index (χ1n) is 7.45. The Kier molecular flexibility index (Phi) is 4.84. The van der Waals surface area contributed by atoms with Gasteiger partial charge < -0.3 is 5.32 Å². The maximum atomic E-state index is 6.35. The van der Waals surface area contributed by atoms with Gasteiger partial charge in [0.15, 0.2) is 0 Å². The molecular weight excluding hydrogens is 301 g/mol. The minimum Gasteiger partial charge on any atom is -0.313 e. The average molecular weight is 320 g/mol. The highest BCUT2D eigenvalue weighted by atomic mass is 35.5. The lowest BCUT2D eigenvalue weighted by molar-refractivity contribution is 0.577. The number of hydrogen-bond acceptors (Lipinski definition) is 1. The summed E-state index contributed by atoms with van der Waals surface area (Å²) in [5.41, 5.74) is 2.47. The van der Waals surface area contributed by atoms with E-state index in [0.29, 0.717) is 22.0 Å². The molecule has 0 radical (unpaired) electrons. The summed E-state index contributed by atoms with van der Waals surface area (Å²) in [5, 5.41) is 4.96. The maximum absolute atomic E-state index is 6.35. The molecule has 0 amide bonds. The molecule has 1 nitrogen and oxygen atoms in total. The van der Waals surface area contributed by atoms with Crippen LogP contribution in [0.15, 0.2) is 48.5 Å². The molecule has 3 rings (SSSR count). The molecular formula is C18H19Cl2N. The topological polar surface area (TPSA) is 12.0 Å². The van der Waals surface area contributed by atoms with Crippen LogP contribution in [0.2, 0.25) is 10.0 Å². The smallest absolute Gasteiger partial charge is 0.0624 e. The fraction of sp³-hybridized carbons (Fsp3) is 0.333. The molecule has 1 aliphatic carbocycles. The van der Waals surface area contributed by atoms with Gasteiger partial charge in [-0.05, 0) is 36.5 Å². The van der Waals surface area contributed by atoms with Crippen molar-refractivity contribution in [1.82, 2.24) is 5.32 Å². The molecule has 0 bridgehead atoms. The Bertz CT molecular complexity index is 593. The summed E-state index contributed by atoms with van der Waals surface area (Å²) in [7, 11) is 0. The molecule has 1 aliphatic rings. The van der Waals surface area contributed by atoms with Crippen LogP contribution in [0.4, 0.5) is 0 Å². The Morgan fingerprint density at radius 2 is 1.76 bits per heavy atom. The molecule has 0 spiro atoms. The second kappa shape index (κ2) is 6.83. The van der Waals surface area contributed by atoms with E-state index >= 15 is 0 Å². The van der Waals surface area contributed by atoms with Gasteiger partial charge in [-0.25, -0.2) is 0 Å². The lowest BCUT2D eigenvalue weighted by atomic mass is 9.92. The van der Waals surface area contributed by atoms with Crippen molar-refractivity contribution < 1.29 is 0 Å². The second-order valence-electron chi connectivity index (χ2n) is 5.71. The molecule has 2 aromatic rings. The predicted octanol–water partition coefficient (Wildman–Crippen LogP) is 5.07. The normalized spacial score (nSPS) is 15.9. The standard InChI is InChI=1S/C18H19Cl2N/c19-17-8-4-7-14(18(17)20)11-15(12-21-16-9-10-16)13-5-2-1-3-6-13/h1-8,15-16,21H,9-12H2. The Morgan fingerprint density at radius 1 is 1.00 bits per heavy atom. The zero-order chi connectivity index (χ0) is 14.7. The van der Waals surface area contributed by atoms with Crippen LogP contribution >= 0.6 is 23.2 Å². The molecule has 3 heteroatoms. The van der Waals surface area contributed by atoms with E-state index in [2.05, 4.69) is 41.7 Å². The molecule has 0 saturated heterocycles. The SMILES string of the molecule is Clc1cccc(CC(CNC2CC2)c2ccccc2)c1Cl. The lowest BCUT2D eigenvalue weighted by Crippen LogP contribution is -2.24. The number of benzene rings is 2.